The van der Waals surface area contributed by atoms with E-state index in [1.54, 1.807) is 17.8 Å². The Kier molecular flexibility index (Phi) is 6.41. The molecule has 0 spiro atoms. The molecule has 6 nitrogen and oxygen atoms in total. The van der Waals surface area contributed by atoms with Crippen LogP contribution in [0.1, 0.15) is 19.8 Å². The zero-order valence-electron chi connectivity index (χ0n) is 14.8. The Labute approximate surface area is 164 Å². The zero-order chi connectivity index (χ0) is 19.2. The maximum Gasteiger partial charge on any atom is 0.270 e. The number of non-ortho nitro benzene ring substituents is 1. The van der Waals surface area contributed by atoms with Crippen molar-refractivity contribution in [3.63, 3.8) is 0 Å². The van der Waals surface area contributed by atoms with Crippen molar-refractivity contribution in [2.45, 2.75) is 31.2 Å². The average Bonchev–Trinajstić information content (AvgIpc) is 3.02. The third-order valence-electron chi connectivity index (χ3n) is 3.96. The highest BCUT2D eigenvalue weighted by atomic mass is 32.2. The van der Waals surface area contributed by atoms with E-state index < -0.39 is 4.92 Å². The normalized spacial score (nSPS) is 11.8. The number of fused-ring (bicyclic) bond motifs is 1. The number of rotatable bonds is 7. The lowest BCUT2D eigenvalue weighted by molar-refractivity contribution is -0.384. The van der Waals surface area contributed by atoms with Crippen LogP contribution in [-0.4, -0.2) is 21.2 Å². The van der Waals surface area contributed by atoms with E-state index in [2.05, 4.69) is 17.1 Å². The van der Waals surface area contributed by atoms with Gasteiger partial charge in [0.1, 0.15) is 0 Å². The number of carbonyl (C=O) groups excluding carboxylic acids is 1. The topological polar surface area (TPSA) is 77.5 Å². The van der Waals surface area contributed by atoms with Crippen LogP contribution < -0.4 is 4.80 Å². The lowest BCUT2D eigenvalue weighted by Crippen LogP contribution is -2.15. The Morgan fingerprint density at radius 1 is 1.26 bits per heavy atom. The predicted octanol–water partition coefficient (Wildman–Crippen LogP) is 4.63. The minimum atomic E-state index is -0.415. The molecular weight excluding hydrogens is 382 g/mol. The van der Waals surface area contributed by atoms with Gasteiger partial charge in [0.2, 0.25) is 5.91 Å². The van der Waals surface area contributed by atoms with Gasteiger partial charge in [-0.15, -0.1) is 11.8 Å². The molecule has 140 valence electrons. The van der Waals surface area contributed by atoms with Crippen molar-refractivity contribution in [1.82, 2.24) is 4.57 Å². The summed E-state index contributed by atoms with van der Waals surface area (Å²) in [6, 6.07) is 14.8. The Morgan fingerprint density at radius 2 is 2.04 bits per heavy atom. The first kappa shape index (κ1) is 19.3. The summed E-state index contributed by atoms with van der Waals surface area (Å²) in [5, 5.41) is 11.0. The van der Waals surface area contributed by atoms with Gasteiger partial charge < -0.3 is 4.57 Å². The number of nitro groups is 1. The molecule has 0 fully saturated rings. The molecule has 2 aromatic carbocycles. The van der Waals surface area contributed by atoms with E-state index in [-0.39, 0.29) is 11.6 Å². The number of hydrogen-bond donors (Lipinski definition) is 0. The largest absolute Gasteiger partial charge is 0.317 e. The van der Waals surface area contributed by atoms with Crippen LogP contribution >= 0.6 is 23.1 Å². The predicted molar refractivity (Wildman–Crippen MR) is 109 cm³/mol. The second kappa shape index (κ2) is 8.96. The summed E-state index contributed by atoms with van der Waals surface area (Å²) in [6.45, 7) is 2.61. The third-order valence-corrected chi connectivity index (χ3v) is 6.10. The average molecular weight is 402 g/mol. The van der Waals surface area contributed by atoms with Crippen LogP contribution in [0.15, 0.2) is 58.4 Å². The number of nitro benzene ring substituents is 1. The van der Waals surface area contributed by atoms with Gasteiger partial charge >= 0.3 is 0 Å². The van der Waals surface area contributed by atoms with Crippen molar-refractivity contribution in [3.8, 4) is 0 Å². The first-order valence-corrected chi connectivity index (χ1v) is 10.4. The molecule has 3 rings (SSSR count). The van der Waals surface area contributed by atoms with Gasteiger partial charge in [-0.3, -0.25) is 14.9 Å². The van der Waals surface area contributed by atoms with E-state index >= 15 is 0 Å². The maximum atomic E-state index is 12.3. The molecule has 3 aromatic rings. The lowest BCUT2D eigenvalue weighted by atomic mass is 10.3. The molecule has 8 heteroatoms. The molecule has 0 atom stereocenters. The third kappa shape index (κ3) is 4.84. The first-order chi connectivity index (χ1) is 13.1. The van der Waals surface area contributed by atoms with Gasteiger partial charge in [-0.1, -0.05) is 29.5 Å². The van der Waals surface area contributed by atoms with Crippen LogP contribution in [-0.2, 0) is 11.3 Å². The van der Waals surface area contributed by atoms with Gasteiger partial charge in [0.05, 0.1) is 15.1 Å². The highest BCUT2D eigenvalue weighted by Crippen LogP contribution is 2.23. The molecule has 0 aliphatic carbocycles. The number of aryl methyl sites for hydroxylation is 1. The van der Waals surface area contributed by atoms with Gasteiger partial charge in [0.15, 0.2) is 4.80 Å². The molecule has 0 N–H and O–H groups in total. The summed E-state index contributed by atoms with van der Waals surface area (Å²) in [4.78, 5) is 28.8. The summed E-state index contributed by atoms with van der Waals surface area (Å²) in [7, 11) is 0. The van der Waals surface area contributed by atoms with Gasteiger partial charge in [-0.2, -0.15) is 4.99 Å². The van der Waals surface area contributed by atoms with Crippen LogP contribution in [0.5, 0.6) is 0 Å². The Hall–Kier alpha value is -2.45. The van der Waals surface area contributed by atoms with Gasteiger partial charge in [0, 0.05) is 30.0 Å². The highest BCUT2D eigenvalue weighted by Gasteiger charge is 2.12. The first-order valence-electron chi connectivity index (χ1n) is 8.61. The number of nitrogens with zero attached hydrogens (tertiary/aromatic N) is 3. The molecule has 0 aliphatic rings. The molecule has 0 unspecified atom stereocenters. The maximum absolute atomic E-state index is 12.3. The van der Waals surface area contributed by atoms with E-state index in [4.69, 9.17) is 0 Å². The molecule has 0 saturated heterocycles. The minimum absolute atomic E-state index is 0.0443. The molecular formula is C19H19N3O3S2. The van der Waals surface area contributed by atoms with Crippen LogP contribution in [0.2, 0.25) is 0 Å². The number of aromatic nitrogens is 1. The van der Waals surface area contributed by atoms with E-state index in [0.717, 1.165) is 22.4 Å². The zero-order valence-corrected chi connectivity index (χ0v) is 16.5. The van der Waals surface area contributed by atoms with Crippen LogP contribution in [0.25, 0.3) is 10.2 Å². The summed E-state index contributed by atoms with van der Waals surface area (Å²) < 4.78 is 2.68. The molecule has 0 radical (unpaired) electrons. The van der Waals surface area contributed by atoms with Crippen molar-refractivity contribution < 1.29 is 9.72 Å². The quantitative estimate of drug-likeness (QED) is 0.250. The monoisotopic (exact) mass is 401 g/mol. The summed E-state index contributed by atoms with van der Waals surface area (Å²) in [5.41, 5.74) is 0.905. The van der Waals surface area contributed by atoms with Gasteiger partial charge in [-0.05, 0) is 37.3 Å². The number of carbonyl (C=O) groups is 1. The van der Waals surface area contributed by atoms with Crippen LogP contribution in [0.3, 0.4) is 0 Å². The molecule has 1 heterocycles. The van der Waals surface area contributed by atoms with Crippen molar-refractivity contribution in [3.05, 3.63) is 63.4 Å². The summed E-state index contributed by atoms with van der Waals surface area (Å²) in [6.07, 6.45) is 1.14. The van der Waals surface area contributed by atoms with Crippen molar-refractivity contribution in [2.75, 3.05) is 5.75 Å². The fourth-order valence-corrected chi connectivity index (χ4v) is 4.68. The molecule has 1 amide bonds. The van der Waals surface area contributed by atoms with Crippen molar-refractivity contribution >= 4 is 44.9 Å². The Morgan fingerprint density at radius 3 is 2.74 bits per heavy atom. The number of thiazole rings is 1. The highest BCUT2D eigenvalue weighted by molar-refractivity contribution is 7.99. The fraction of sp³-hybridized carbons (Fsp3) is 0.263. The molecule has 0 aliphatic heterocycles. The number of benzene rings is 2. The van der Waals surface area contributed by atoms with Crippen molar-refractivity contribution in [1.29, 1.82) is 0 Å². The summed E-state index contributed by atoms with van der Waals surface area (Å²) in [5.74, 6) is 0.699. The number of amides is 1. The molecule has 0 saturated carbocycles. The smallest absolute Gasteiger partial charge is 0.270 e. The minimum Gasteiger partial charge on any atom is -0.317 e. The van der Waals surface area contributed by atoms with E-state index in [1.165, 1.54) is 28.4 Å². The molecule has 1 aromatic heterocycles. The van der Waals surface area contributed by atoms with Crippen LogP contribution in [0, 0.1) is 10.1 Å². The van der Waals surface area contributed by atoms with Gasteiger partial charge in [-0.25, -0.2) is 0 Å². The van der Waals surface area contributed by atoms with E-state index in [1.807, 2.05) is 29.7 Å². The van der Waals surface area contributed by atoms with Crippen molar-refractivity contribution in [2.24, 2.45) is 4.99 Å². The van der Waals surface area contributed by atoms with Crippen LogP contribution in [0.4, 0.5) is 5.69 Å². The Balaban J connectivity index is 1.70. The van der Waals surface area contributed by atoms with E-state index in [9.17, 15) is 14.9 Å². The lowest BCUT2D eigenvalue weighted by Gasteiger charge is -2.01. The van der Waals surface area contributed by atoms with E-state index in [0.29, 0.717) is 17.8 Å². The second-order valence-corrected chi connectivity index (χ2v) is 7.99. The summed E-state index contributed by atoms with van der Waals surface area (Å²) >= 11 is 3.03. The molecule has 0 bridgehead atoms. The standard InChI is InChI=1S/C19H19N3O3S2/c1-2-21-16-11-10-14(22(24)25)13-17(16)27-19(21)20-18(23)9-6-12-26-15-7-4-3-5-8-15/h3-5,7-8,10-11,13H,2,6,9,12H2,1H3. The SMILES string of the molecule is CCn1c(=NC(=O)CCCSc2ccccc2)sc2cc([N+](=O)[O-])ccc21. The number of hydrogen-bond acceptors (Lipinski definition) is 5. The van der Waals surface area contributed by atoms with Gasteiger partial charge in [0.25, 0.3) is 5.69 Å². The Bertz CT molecular complexity index is 1030. The molecule has 27 heavy (non-hydrogen) atoms. The fourth-order valence-electron chi connectivity index (χ4n) is 2.66. The second-order valence-electron chi connectivity index (χ2n) is 5.81. The number of thioether (sulfide) groups is 1.